The Hall–Kier alpha value is -0.660. The van der Waals surface area contributed by atoms with Crippen LogP contribution in [0.15, 0.2) is 72.8 Å². The minimum absolute atomic E-state index is 0. The van der Waals surface area contributed by atoms with Gasteiger partial charge in [-0.15, -0.1) is 81.2 Å². The van der Waals surface area contributed by atoms with Crippen molar-refractivity contribution in [3.8, 4) is 0 Å². The summed E-state index contributed by atoms with van der Waals surface area (Å²) in [6.07, 6.45) is 2.27. The molecule has 4 aromatic carbocycles. The molecular formula is C24H29Cl2SiZr. The van der Waals surface area contributed by atoms with Gasteiger partial charge in [0.05, 0.1) is 0 Å². The molecule has 4 rings (SSSR count). The molecule has 0 heterocycles. The van der Waals surface area contributed by atoms with E-state index in [-0.39, 0.29) is 51.0 Å². The van der Waals surface area contributed by atoms with E-state index in [0.29, 0.717) is 0 Å². The summed E-state index contributed by atoms with van der Waals surface area (Å²) in [5.74, 6) is 0. The van der Waals surface area contributed by atoms with E-state index < -0.39 is 0 Å². The maximum atomic E-state index is 2.26. The van der Waals surface area contributed by atoms with Gasteiger partial charge < -0.3 is 24.8 Å². The van der Waals surface area contributed by atoms with E-state index in [4.69, 9.17) is 0 Å². The molecule has 4 aromatic rings. The molecule has 0 aromatic heterocycles. The molecule has 0 bridgehead atoms. The van der Waals surface area contributed by atoms with Gasteiger partial charge in [-0.3, -0.25) is 0 Å². The van der Waals surface area contributed by atoms with Crippen LogP contribution in [0, 0.1) is 0 Å². The van der Waals surface area contributed by atoms with E-state index in [0.717, 1.165) is 22.4 Å². The monoisotopic (exact) mass is 505 g/mol. The zero-order chi connectivity index (χ0) is 18.1. The van der Waals surface area contributed by atoms with Crippen LogP contribution in [0.25, 0.3) is 21.5 Å². The van der Waals surface area contributed by atoms with Crippen molar-refractivity contribution in [2.75, 3.05) is 0 Å². The Morgan fingerprint density at radius 3 is 1.29 bits per heavy atom. The topological polar surface area (TPSA) is 0 Å². The van der Waals surface area contributed by atoms with Crippen molar-refractivity contribution in [2.45, 2.75) is 39.8 Å². The van der Waals surface area contributed by atoms with E-state index in [9.17, 15) is 0 Å². The van der Waals surface area contributed by atoms with Gasteiger partial charge in [0, 0.05) is 9.52 Å². The van der Waals surface area contributed by atoms with E-state index in [2.05, 4.69) is 99.7 Å². The summed E-state index contributed by atoms with van der Waals surface area (Å²) in [5, 5.41) is 5.46. The maximum Gasteiger partial charge on any atom is 4.00 e. The predicted molar refractivity (Wildman–Crippen MR) is 117 cm³/mol. The maximum absolute atomic E-state index is 2.26. The minimum Gasteiger partial charge on any atom is -1.00 e. The van der Waals surface area contributed by atoms with E-state index in [1.165, 1.54) is 32.7 Å². The van der Waals surface area contributed by atoms with Crippen molar-refractivity contribution < 1.29 is 51.0 Å². The molecule has 0 saturated carbocycles. The first-order valence-corrected chi connectivity index (χ1v) is 11.5. The number of hydrogen-bond acceptors (Lipinski definition) is 0. The number of rotatable bonds is 2. The van der Waals surface area contributed by atoms with Crippen molar-refractivity contribution in [3.05, 3.63) is 83.9 Å². The number of hydrogen-bond donors (Lipinski definition) is 0. The second-order valence-electron chi connectivity index (χ2n) is 6.27. The van der Waals surface area contributed by atoms with Gasteiger partial charge in [-0.25, -0.2) is 0 Å². The van der Waals surface area contributed by atoms with Gasteiger partial charge in [0.2, 0.25) is 0 Å². The Labute approximate surface area is 204 Å². The van der Waals surface area contributed by atoms with Crippen LogP contribution in [0.2, 0.25) is 13.1 Å². The van der Waals surface area contributed by atoms with E-state index in [1.54, 1.807) is 0 Å². The van der Waals surface area contributed by atoms with Gasteiger partial charge in [-0.05, 0) is 12.8 Å². The van der Waals surface area contributed by atoms with Crippen LogP contribution >= 0.6 is 0 Å². The minimum atomic E-state index is 0. The Bertz CT molecular complexity index is 756. The predicted octanol–water partition coefficient (Wildman–Crippen LogP) is 0.767. The Balaban J connectivity index is 0. The van der Waals surface area contributed by atoms with Gasteiger partial charge in [0.25, 0.3) is 0 Å². The first kappa shape index (κ1) is 29.5. The Morgan fingerprint density at radius 2 is 1.00 bits per heavy atom. The summed E-state index contributed by atoms with van der Waals surface area (Å²) < 4.78 is 0. The standard InChI is InChI=1S/2C11H11.C2H7Si.2ClH.Zr/c2*1-2-9-7-10-5-3-4-6-11(10)8-9;1-3-2;;;/h2*3-8H,2H2,1H3;3H,1-2H3;2*1H;/q2*-1;;;;+4/p-2. The van der Waals surface area contributed by atoms with Crippen molar-refractivity contribution in [2.24, 2.45) is 0 Å². The van der Waals surface area contributed by atoms with Crippen molar-refractivity contribution in [3.63, 3.8) is 0 Å². The molecule has 0 nitrogen and oxygen atoms in total. The molecule has 0 aliphatic carbocycles. The molecule has 0 aliphatic rings. The summed E-state index contributed by atoms with van der Waals surface area (Å²) in [6, 6.07) is 26.0. The second-order valence-corrected chi connectivity index (χ2v) is 7.42. The third kappa shape index (κ3) is 8.78. The molecule has 0 atom stereocenters. The Morgan fingerprint density at radius 1 is 0.679 bits per heavy atom. The second kappa shape index (κ2) is 16.2. The van der Waals surface area contributed by atoms with Crippen LogP contribution in [0.5, 0.6) is 0 Å². The quantitative estimate of drug-likeness (QED) is 0.278. The van der Waals surface area contributed by atoms with Crippen LogP contribution in [-0.4, -0.2) is 9.52 Å². The smallest absolute Gasteiger partial charge is 1.00 e. The average Bonchev–Trinajstić information content (AvgIpc) is 3.26. The Kier molecular flexibility index (Phi) is 17.1. The zero-order valence-corrected chi connectivity index (χ0v) is 22.3. The van der Waals surface area contributed by atoms with Crippen molar-refractivity contribution >= 4 is 31.1 Å². The van der Waals surface area contributed by atoms with Gasteiger partial charge in [0.1, 0.15) is 0 Å². The van der Waals surface area contributed by atoms with Crippen molar-refractivity contribution in [1.29, 1.82) is 0 Å². The molecule has 0 fully saturated rings. The fourth-order valence-electron chi connectivity index (χ4n) is 2.84. The van der Waals surface area contributed by atoms with Crippen LogP contribution in [0.3, 0.4) is 0 Å². The van der Waals surface area contributed by atoms with Crippen LogP contribution in [0.4, 0.5) is 0 Å². The molecule has 0 amide bonds. The molecule has 28 heavy (non-hydrogen) atoms. The number of aryl methyl sites for hydroxylation is 2. The molecule has 0 aliphatic heterocycles. The van der Waals surface area contributed by atoms with Gasteiger partial charge in [-0.2, -0.15) is 12.1 Å². The summed E-state index contributed by atoms with van der Waals surface area (Å²) in [4.78, 5) is 0. The third-order valence-corrected chi connectivity index (χ3v) is 4.17. The van der Waals surface area contributed by atoms with Crippen LogP contribution in [-0.2, 0) is 39.0 Å². The molecular weight excluding hydrogens is 478 g/mol. The average molecular weight is 508 g/mol. The zero-order valence-electron chi connectivity index (χ0n) is 17.2. The first-order valence-electron chi connectivity index (χ1n) is 9.24. The number of halogens is 2. The molecule has 0 N–H and O–H groups in total. The summed E-state index contributed by atoms with van der Waals surface area (Å²) in [6.45, 7) is 8.79. The fraction of sp³-hybridized carbons (Fsp3) is 0.250. The molecule has 4 heteroatoms. The number of benzene rings is 2. The summed E-state index contributed by atoms with van der Waals surface area (Å²) >= 11 is 0. The summed E-state index contributed by atoms with van der Waals surface area (Å²) in [5.41, 5.74) is 2.87. The fourth-order valence-corrected chi connectivity index (χ4v) is 2.84. The van der Waals surface area contributed by atoms with E-state index in [1.807, 2.05) is 0 Å². The van der Waals surface area contributed by atoms with Crippen molar-refractivity contribution in [1.82, 2.24) is 0 Å². The largest absolute Gasteiger partial charge is 4.00 e. The molecule has 0 spiro atoms. The van der Waals surface area contributed by atoms with Gasteiger partial charge >= 0.3 is 26.2 Å². The SMILES string of the molecule is CCc1cc2ccccc2[cH-]1.CCc1cc2ccccc2[cH-]1.C[SiH]C.[Cl-].[Cl-].[Zr+4]. The first-order chi connectivity index (χ1) is 12.2. The number of fused-ring (bicyclic) bond motifs is 2. The van der Waals surface area contributed by atoms with E-state index >= 15 is 0 Å². The molecule has 0 saturated heterocycles. The van der Waals surface area contributed by atoms with Crippen LogP contribution in [0.1, 0.15) is 25.0 Å². The van der Waals surface area contributed by atoms with Crippen LogP contribution < -0.4 is 24.8 Å². The summed E-state index contributed by atoms with van der Waals surface area (Å²) in [7, 11) is 0.750. The normalized spacial score (nSPS) is 9.00. The molecule has 1 radical (unpaired) electrons. The third-order valence-electron chi connectivity index (χ3n) is 4.17. The molecule has 0 unspecified atom stereocenters. The van der Waals surface area contributed by atoms with Gasteiger partial charge in [0.15, 0.2) is 0 Å². The molecule has 147 valence electrons. The van der Waals surface area contributed by atoms with Gasteiger partial charge in [-0.1, -0.05) is 39.1 Å².